The molecule has 1 saturated heterocycles. The molecule has 32 heavy (non-hydrogen) atoms. The molecule has 6 heteroatoms. The molecule has 4 aromatic rings. The van der Waals surface area contributed by atoms with E-state index in [9.17, 15) is 14.7 Å². The fraction of sp³-hybridized carbons (Fsp3) is 0.231. The average Bonchev–Trinajstić information content (AvgIpc) is 3.07. The van der Waals surface area contributed by atoms with E-state index in [1.165, 1.54) is 6.08 Å². The number of aromatic hydroxyl groups is 1. The smallest absolute Gasteiger partial charge is 0.274 e. The first kappa shape index (κ1) is 20.1. The van der Waals surface area contributed by atoms with Crippen molar-refractivity contribution in [3.8, 4) is 16.9 Å². The van der Waals surface area contributed by atoms with Crippen molar-refractivity contribution in [3.05, 3.63) is 77.6 Å². The highest BCUT2D eigenvalue weighted by molar-refractivity contribution is 5.99. The Hall–Kier alpha value is -3.80. The largest absolute Gasteiger partial charge is 0.508 e. The first-order valence-corrected chi connectivity index (χ1v) is 10.8. The van der Waals surface area contributed by atoms with Gasteiger partial charge < -0.3 is 10.0 Å². The van der Waals surface area contributed by atoms with Crippen LogP contribution in [0, 0.1) is 0 Å². The Labute approximate surface area is 185 Å². The second kappa shape index (κ2) is 7.71. The number of carbonyl (C=O) groups excluding carboxylic acids is 1. The quantitative estimate of drug-likeness (QED) is 0.498. The van der Waals surface area contributed by atoms with Gasteiger partial charge >= 0.3 is 0 Å². The van der Waals surface area contributed by atoms with E-state index in [1.54, 1.807) is 28.8 Å². The molecule has 1 fully saturated rings. The highest BCUT2D eigenvalue weighted by Crippen LogP contribution is 2.34. The van der Waals surface area contributed by atoms with Crippen LogP contribution in [0.1, 0.15) is 18.9 Å². The minimum Gasteiger partial charge on any atom is -0.508 e. The van der Waals surface area contributed by atoms with Gasteiger partial charge in [0.15, 0.2) is 0 Å². The Morgan fingerprint density at radius 1 is 1.06 bits per heavy atom. The van der Waals surface area contributed by atoms with Crippen LogP contribution in [0.15, 0.2) is 72.0 Å². The van der Waals surface area contributed by atoms with E-state index in [2.05, 4.69) is 11.3 Å². The molecule has 1 aliphatic rings. The lowest BCUT2D eigenvalue weighted by Crippen LogP contribution is -2.39. The van der Waals surface area contributed by atoms with Crippen LogP contribution in [-0.4, -0.2) is 38.4 Å². The van der Waals surface area contributed by atoms with E-state index >= 15 is 0 Å². The third kappa shape index (κ3) is 3.19. The van der Waals surface area contributed by atoms with Crippen LogP contribution in [0.5, 0.6) is 5.75 Å². The number of piperidine rings is 1. The molecule has 162 valence electrons. The van der Waals surface area contributed by atoms with Gasteiger partial charge in [-0.05, 0) is 65.1 Å². The Morgan fingerprint density at radius 3 is 2.56 bits per heavy atom. The van der Waals surface area contributed by atoms with Crippen molar-refractivity contribution >= 4 is 27.6 Å². The lowest BCUT2D eigenvalue weighted by molar-refractivity contribution is -0.127. The lowest BCUT2D eigenvalue weighted by Gasteiger charge is -2.33. The molecule has 0 aliphatic carbocycles. The van der Waals surface area contributed by atoms with Crippen molar-refractivity contribution < 1.29 is 9.90 Å². The molecule has 1 N–H and O–H groups in total. The molecule has 0 bridgehead atoms. The summed E-state index contributed by atoms with van der Waals surface area (Å²) in [6.07, 6.45) is 2.93. The van der Waals surface area contributed by atoms with Crippen molar-refractivity contribution in [3.63, 3.8) is 0 Å². The van der Waals surface area contributed by atoms with Gasteiger partial charge in [0.25, 0.3) is 5.56 Å². The summed E-state index contributed by atoms with van der Waals surface area (Å²) in [5.41, 5.74) is 2.63. The summed E-state index contributed by atoms with van der Waals surface area (Å²) < 4.78 is 3.75. The molecule has 2 heterocycles. The topological polar surface area (TPSA) is 67.5 Å². The molecule has 3 aromatic carbocycles. The monoisotopic (exact) mass is 427 g/mol. The number of nitrogens with zero attached hydrogens (tertiary/aromatic N) is 3. The summed E-state index contributed by atoms with van der Waals surface area (Å²) in [4.78, 5) is 26.9. The van der Waals surface area contributed by atoms with Crippen LogP contribution in [0.3, 0.4) is 0 Å². The maximum atomic E-state index is 13.1. The number of rotatable bonds is 3. The van der Waals surface area contributed by atoms with Crippen molar-refractivity contribution in [2.45, 2.75) is 18.9 Å². The van der Waals surface area contributed by atoms with E-state index in [0.717, 1.165) is 40.3 Å². The third-order valence-corrected chi connectivity index (χ3v) is 6.55. The second-order valence-corrected chi connectivity index (χ2v) is 8.38. The second-order valence-electron chi connectivity index (χ2n) is 8.38. The van der Waals surface area contributed by atoms with Gasteiger partial charge in [0, 0.05) is 20.1 Å². The SMILES string of the molecule is C=CC(=O)N1CCC(n2c3ccc(-c4cc(O)cc5ccccc45)cc3c(=O)n2C)CC1. The van der Waals surface area contributed by atoms with Gasteiger partial charge in [0.05, 0.1) is 16.9 Å². The number of benzene rings is 3. The Kier molecular flexibility index (Phi) is 4.85. The normalized spacial score (nSPS) is 14.8. The van der Waals surface area contributed by atoms with Gasteiger partial charge in [-0.25, -0.2) is 0 Å². The fourth-order valence-electron chi connectivity index (χ4n) is 4.94. The molecule has 6 nitrogen and oxygen atoms in total. The highest BCUT2D eigenvalue weighted by Gasteiger charge is 2.26. The van der Waals surface area contributed by atoms with E-state index < -0.39 is 0 Å². The molecular weight excluding hydrogens is 402 g/mol. The number of phenols is 1. The standard InChI is InChI=1S/C26H25N3O3/c1-3-25(31)28-12-10-19(11-13-28)29-24-9-8-18(15-23(24)26(32)27(29)2)22-16-20(30)14-17-6-4-5-7-21(17)22/h3-9,14-16,19,30H,1,10-13H2,2H3. The van der Waals surface area contributed by atoms with Crippen LogP contribution >= 0.6 is 0 Å². The number of carbonyl (C=O) groups is 1. The maximum absolute atomic E-state index is 13.1. The summed E-state index contributed by atoms with van der Waals surface area (Å²) in [6.45, 7) is 4.87. The van der Waals surface area contributed by atoms with Crippen LogP contribution in [0.4, 0.5) is 0 Å². The molecule has 0 atom stereocenters. The number of hydrogen-bond acceptors (Lipinski definition) is 3. The molecule has 0 spiro atoms. The summed E-state index contributed by atoms with van der Waals surface area (Å²) >= 11 is 0. The van der Waals surface area contributed by atoms with Crippen molar-refractivity contribution in [1.29, 1.82) is 0 Å². The first-order chi connectivity index (χ1) is 15.5. The van der Waals surface area contributed by atoms with Crippen LogP contribution < -0.4 is 5.56 Å². The number of phenolic OH excluding ortho intramolecular Hbond substituents is 1. The van der Waals surface area contributed by atoms with Gasteiger partial charge in [-0.2, -0.15) is 0 Å². The van der Waals surface area contributed by atoms with Crippen molar-refractivity contribution in [2.24, 2.45) is 7.05 Å². The Bertz CT molecular complexity index is 1420. The molecule has 5 rings (SSSR count). The molecular formula is C26H25N3O3. The summed E-state index contributed by atoms with van der Waals surface area (Å²) in [5, 5.41) is 12.9. The van der Waals surface area contributed by atoms with Gasteiger partial charge in [0.2, 0.25) is 5.91 Å². The molecule has 1 aliphatic heterocycles. The molecule has 1 amide bonds. The van der Waals surface area contributed by atoms with Gasteiger partial charge in [0.1, 0.15) is 5.75 Å². The minimum atomic E-state index is -0.0455. The van der Waals surface area contributed by atoms with E-state index in [4.69, 9.17) is 0 Å². The summed E-state index contributed by atoms with van der Waals surface area (Å²) in [6, 6.07) is 17.5. The zero-order chi connectivity index (χ0) is 22.4. The predicted octanol–water partition coefficient (Wildman–Crippen LogP) is 4.22. The number of fused-ring (bicyclic) bond motifs is 2. The summed E-state index contributed by atoms with van der Waals surface area (Å²) in [7, 11) is 1.80. The Balaban J connectivity index is 1.58. The van der Waals surface area contributed by atoms with Crippen molar-refractivity contribution in [1.82, 2.24) is 14.3 Å². The van der Waals surface area contributed by atoms with E-state index in [0.29, 0.717) is 18.5 Å². The lowest BCUT2D eigenvalue weighted by atomic mass is 9.97. The predicted molar refractivity (Wildman–Crippen MR) is 127 cm³/mol. The van der Waals surface area contributed by atoms with Gasteiger partial charge in [-0.1, -0.05) is 36.9 Å². The van der Waals surface area contributed by atoms with Gasteiger partial charge in [-0.15, -0.1) is 0 Å². The number of amides is 1. The van der Waals surface area contributed by atoms with E-state index in [1.807, 2.05) is 42.5 Å². The molecule has 0 unspecified atom stereocenters. The van der Waals surface area contributed by atoms with Crippen LogP contribution in [-0.2, 0) is 11.8 Å². The zero-order valence-electron chi connectivity index (χ0n) is 18.0. The molecule has 0 radical (unpaired) electrons. The van der Waals surface area contributed by atoms with Crippen molar-refractivity contribution in [2.75, 3.05) is 13.1 Å². The van der Waals surface area contributed by atoms with Gasteiger partial charge in [-0.3, -0.25) is 19.0 Å². The zero-order valence-corrected chi connectivity index (χ0v) is 18.0. The minimum absolute atomic E-state index is 0.0438. The summed E-state index contributed by atoms with van der Waals surface area (Å²) in [5.74, 6) is 0.155. The number of likely N-dealkylation sites (tertiary alicyclic amines) is 1. The average molecular weight is 428 g/mol. The molecule has 0 saturated carbocycles. The third-order valence-electron chi connectivity index (χ3n) is 6.55. The molecule has 1 aromatic heterocycles. The van der Waals surface area contributed by atoms with E-state index in [-0.39, 0.29) is 23.3 Å². The highest BCUT2D eigenvalue weighted by atomic mass is 16.3. The van der Waals surface area contributed by atoms with Crippen LogP contribution in [0.25, 0.3) is 32.8 Å². The Morgan fingerprint density at radius 2 is 1.81 bits per heavy atom. The fourth-order valence-corrected chi connectivity index (χ4v) is 4.94. The number of hydrogen-bond donors (Lipinski definition) is 1. The van der Waals surface area contributed by atoms with Crippen LogP contribution in [0.2, 0.25) is 0 Å². The number of aromatic nitrogens is 2. The maximum Gasteiger partial charge on any atom is 0.274 e. The first-order valence-electron chi connectivity index (χ1n) is 10.8.